The quantitative estimate of drug-likeness (QED) is 0.809. The van der Waals surface area contributed by atoms with Crippen molar-refractivity contribution in [3.63, 3.8) is 0 Å². The van der Waals surface area contributed by atoms with E-state index in [4.69, 9.17) is 0 Å². The molecule has 1 N–H and O–H groups in total. The van der Waals surface area contributed by atoms with Gasteiger partial charge in [-0.25, -0.2) is 4.98 Å². The molecule has 1 aliphatic heterocycles. The topological polar surface area (TPSA) is 36.4 Å². The molecule has 7 heteroatoms. The van der Waals surface area contributed by atoms with Crippen molar-refractivity contribution in [1.82, 2.24) is 4.98 Å². The molecule has 0 bridgehead atoms. The van der Waals surface area contributed by atoms with Gasteiger partial charge in [0, 0.05) is 18.5 Å². The van der Waals surface area contributed by atoms with Crippen LogP contribution in [-0.4, -0.2) is 29.3 Å². The molecule has 0 spiro atoms. The molecule has 2 rings (SSSR count). The summed E-state index contributed by atoms with van der Waals surface area (Å²) in [7, 11) is 0. The molecule has 0 amide bonds. The Morgan fingerprint density at radius 1 is 1.53 bits per heavy atom. The highest BCUT2D eigenvalue weighted by atomic mass is 32.1. The first-order valence-electron chi connectivity index (χ1n) is 4.42. The Labute approximate surface area is 88.2 Å². The predicted octanol–water partition coefficient (Wildman–Crippen LogP) is 1.73. The number of β-amino-alcohol motifs (C(OH)–C–C–N with tert-alkyl or cyclic N) is 1. The second-order valence-corrected chi connectivity index (χ2v) is 4.24. The third-order valence-electron chi connectivity index (χ3n) is 2.22. The summed E-state index contributed by atoms with van der Waals surface area (Å²) in [5.74, 6) is 0. The third-order valence-corrected chi connectivity index (χ3v) is 3.12. The Hall–Kier alpha value is -0.820. The lowest BCUT2D eigenvalue weighted by Gasteiger charge is -2.12. The summed E-state index contributed by atoms with van der Waals surface area (Å²) >= 11 is 0.959. The molecule has 1 atom stereocenters. The van der Waals surface area contributed by atoms with Crippen LogP contribution in [0.4, 0.5) is 18.3 Å². The monoisotopic (exact) mass is 238 g/mol. The maximum absolute atomic E-state index is 12.2. The summed E-state index contributed by atoms with van der Waals surface area (Å²) in [6, 6.07) is 0. The summed E-state index contributed by atoms with van der Waals surface area (Å²) in [5, 5.41) is 10.6. The zero-order valence-electron chi connectivity index (χ0n) is 7.66. The number of nitrogens with zero attached hydrogens (tertiary/aromatic N) is 2. The number of aliphatic hydroxyl groups is 1. The van der Waals surface area contributed by atoms with E-state index in [9.17, 15) is 18.3 Å². The molecule has 0 radical (unpaired) electrons. The summed E-state index contributed by atoms with van der Waals surface area (Å²) in [6.07, 6.45) is -4.25. The Bertz CT molecular complexity index is 352. The molecule has 84 valence electrons. The second-order valence-electron chi connectivity index (χ2n) is 3.40. The fourth-order valence-corrected chi connectivity index (χ4v) is 2.32. The van der Waals surface area contributed by atoms with E-state index in [1.807, 2.05) is 0 Å². The van der Waals surface area contributed by atoms with Gasteiger partial charge in [0.25, 0.3) is 0 Å². The van der Waals surface area contributed by atoms with Crippen LogP contribution in [0.2, 0.25) is 0 Å². The highest BCUT2D eigenvalue weighted by Gasteiger charge is 2.35. The Balaban J connectivity index is 2.14. The molecular formula is C8H9F3N2OS. The molecule has 1 aliphatic rings. The van der Waals surface area contributed by atoms with Gasteiger partial charge in [0.05, 0.1) is 6.10 Å². The molecule has 15 heavy (non-hydrogen) atoms. The van der Waals surface area contributed by atoms with Gasteiger partial charge in [-0.2, -0.15) is 13.2 Å². The van der Waals surface area contributed by atoms with Gasteiger partial charge >= 0.3 is 6.18 Å². The molecule has 2 heterocycles. The maximum Gasteiger partial charge on any atom is 0.434 e. The summed E-state index contributed by atoms with van der Waals surface area (Å²) < 4.78 is 36.7. The lowest BCUT2D eigenvalue weighted by Crippen LogP contribution is -2.21. The van der Waals surface area contributed by atoms with Gasteiger partial charge in [-0.15, -0.1) is 11.3 Å². The number of anilines is 1. The van der Waals surface area contributed by atoms with E-state index in [-0.39, 0.29) is 0 Å². The highest BCUT2D eigenvalue weighted by molar-refractivity contribution is 7.13. The number of hydrogen-bond acceptors (Lipinski definition) is 4. The van der Waals surface area contributed by atoms with Gasteiger partial charge in [-0.1, -0.05) is 0 Å². The van der Waals surface area contributed by atoms with Crippen LogP contribution in [0.15, 0.2) is 5.38 Å². The predicted molar refractivity (Wildman–Crippen MR) is 50.0 cm³/mol. The average molecular weight is 238 g/mol. The molecule has 0 saturated carbocycles. The molecule has 0 aromatic carbocycles. The van der Waals surface area contributed by atoms with Crippen molar-refractivity contribution in [3.8, 4) is 0 Å². The lowest BCUT2D eigenvalue weighted by atomic mass is 10.3. The Kier molecular flexibility index (Phi) is 2.59. The number of halogens is 3. The van der Waals surface area contributed by atoms with Gasteiger partial charge < -0.3 is 10.0 Å². The van der Waals surface area contributed by atoms with E-state index >= 15 is 0 Å². The van der Waals surface area contributed by atoms with E-state index in [0.29, 0.717) is 24.6 Å². The van der Waals surface area contributed by atoms with E-state index in [1.165, 1.54) is 0 Å². The summed E-state index contributed by atoms with van der Waals surface area (Å²) in [4.78, 5) is 5.18. The zero-order valence-corrected chi connectivity index (χ0v) is 8.48. The number of aliphatic hydroxyl groups excluding tert-OH is 1. The molecule has 3 nitrogen and oxygen atoms in total. The summed E-state index contributed by atoms with van der Waals surface area (Å²) in [5.41, 5.74) is -0.858. The smallest absolute Gasteiger partial charge is 0.391 e. The number of aromatic nitrogens is 1. The zero-order chi connectivity index (χ0) is 11.1. The normalized spacial score (nSPS) is 22.4. The van der Waals surface area contributed by atoms with E-state index < -0.39 is 18.0 Å². The van der Waals surface area contributed by atoms with Crippen molar-refractivity contribution in [1.29, 1.82) is 0 Å². The lowest BCUT2D eigenvalue weighted by molar-refractivity contribution is -0.140. The van der Waals surface area contributed by atoms with Gasteiger partial charge in [0.15, 0.2) is 10.8 Å². The number of hydrogen-bond donors (Lipinski definition) is 1. The van der Waals surface area contributed by atoms with Crippen molar-refractivity contribution in [2.45, 2.75) is 18.7 Å². The van der Waals surface area contributed by atoms with Gasteiger partial charge in [-0.3, -0.25) is 0 Å². The highest BCUT2D eigenvalue weighted by Crippen LogP contribution is 2.33. The second kappa shape index (κ2) is 3.64. The Morgan fingerprint density at radius 2 is 2.27 bits per heavy atom. The molecule has 1 aromatic rings. The van der Waals surface area contributed by atoms with Gasteiger partial charge in [0.1, 0.15) is 0 Å². The first-order chi connectivity index (χ1) is 6.97. The van der Waals surface area contributed by atoms with Crippen LogP contribution in [0.5, 0.6) is 0 Å². The van der Waals surface area contributed by atoms with E-state index in [2.05, 4.69) is 4.98 Å². The van der Waals surface area contributed by atoms with Gasteiger partial charge in [0.2, 0.25) is 0 Å². The largest absolute Gasteiger partial charge is 0.434 e. The van der Waals surface area contributed by atoms with Crippen molar-refractivity contribution in [3.05, 3.63) is 11.1 Å². The van der Waals surface area contributed by atoms with Crippen LogP contribution in [0.3, 0.4) is 0 Å². The van der Waals surface area contributed by atoms with Crippen molar-refractivity contribution in [2.75, 3.05) is 18.0 Å². The van der Waals surface area contributed by atoms with Crippen LogP contribution < -0.4 is 4.90 Å². The molecule has 1 unspecified atom stereocenters. The fraction of sp³-hybridized carbons (Fsp3) is 0.625. The molecule has 1 saturated heterocycles. The standard InChI is InChI=1S/C8H9F3N2OS/c9-8(10,11)6-4-15-7(12-6)13-2-1-5(14)3-13/h4-5,14H,1-3H2. The fourth-order valence-electron chi connectivity index (χ4n) is 1.46. The van der Waals surface area contributed by atoms with Crippen LogP contribution in [0.1, 0.15) is 12.1 Å². The molecule has 0 aliphatic carbocycles. The minimum absolute atomic E-state index is 0.332. The molecule has 1 fully saturated rings. The average Bonchev–Trinajstić information content (AvgIpc) is 2.69. The third kappa shape index (κ3) is 2.23. The molecule has 1 aromatic heterocycles. The Morgan fingerprint density at radius 3 is 2.73 bits per heavy atom. The van der Waals surface area contributed by atoms with Crippen LogP contribution in [0, 0.1) is 0 Å². The number of rotatable bonds is 1. The van der Waals surface area contributed by atoms with E-state index in [1.54, 1.807) is 4.90 Å². The van der Waals surface area contributed by atoms with Gasteiger partial charge in [-0.05, 0) is 6.42 Å². The first kappa shape index (κ1) is 10.7. The van der Waals surface area contributed by atoms with E-state index in [0.717, 1.165) is 16.7 Å². The van der Waals surface area contributed by atoms with Crippen LogP contribution in [-0.2, 0) is 6.18 Å². The van der Waals surface area contributed by atoms with Crippen molar-refractivity contribution in [2.24, 2.45) is 0 Å². The minimum Gasteiger partial charge on any atom is -0.391 e. The van der Waals surface area contributed by atoms with Crippen molar-refractivity contribution < 1.29 is 18.3 Å². The SMILES string of the molecule is OC1CCN(c2nc(C(F)(F)F)cs2)C1. The summed E-state index contributed by atoms with van der Waals surface area (Å²) in [6.45, 7) is 0.927. The first-order valence-corrected chi connectivity index (χ1v) is 5.30. The van der Waals surface area contributed by atoms with Crippen molar-refractivity contribution >= 4 is 16.5 Å². The number of alkyl halides is 3. The van der Waals surface area contributed by atoms with Crippen LogP contribution in [0.25, 0.3) is 0 Å². The molecular weight excluding hydrogens is 229 g/mol. The minimum atomic E-state index is -4.38. The van der Waals surface area contributed by atoms with Crippen LogP contribution >= 0.6 is 11.3 Å². The maximum atomic E-state index is 12.2. The number of thiazole rings is 1.